The number of esters is 1. The van der Waals surface area contributed by atoms with Crippen LogP contribution in [0.25, 0.3) is 22.6 Å². The molecule has 0 bridgehead atoms. The molecule has 0 radical (unpaired) electrons. The van der Waals surface area contributed by atoms with Crippen LogP contribution in [0.2, 0.25) is 5.02 Å². The normalized spacial score (nSPS) is 16.8. The van der Waals surface area contributed by atoms with Crippen molar-refractivity contribution in [2.24, 2.45) is 0 Å². The molecular weight excluding hydrogens is 440 g/mol. The Labute approximate surface area is 196 Å². The molecule has 3 aromatic rings. The van der Waals surface area contributed by atoms with Gasteiger partial charge in [0.1, 0.15) is 0 Å². The van der Waals surface area contributed by atoms with Crippen LogP contribution in [0, 0.1) is 0 Å². The summed E-state index contributed by atoms with van der Waals surface area (Å²) >= 11 is 6.36. The molecule has 1 aliphatic carbocycles. The lowest BCUT2D eigenvalue weighted by Gasteiger charge is -2.26. The van der Waals surface area contributed by atoms with Crippen molar-refractivity contribution < 1.29 is 19.1 Å². The Bertz CT molecular complexity index is 1260. The Morgan fingerprint density at radius 3 is 2.64 bits per heavy atom. The van der Waals surface area contributed by atoms with E-state index in [1.54, 1.807) is 4.90 Å². The van der Waals surface area contributed by atoms with E-state index in [1.165, 1.54) is 0 Å². The lowest BCUT2D eigenvalue weighted by Crippen LogP contribution is -2.42. The smallest absolute Gasteiger partial charge is 0.339 e. The second-order valence-corrected chi connectivity index (χ2v) is 8.50. The highest BCUT2D eigenvalue weighted by molar-refractivity contribution is 6.32. The number of para-hydroxylation sites is 1. The lowest BCUT2D eigenvalue weighted by atomic mass is 10.0. The molecule has 33 heavy (non-hydrogen) atoms. The molecule has 0 N–H and O–H groups in total. The number of halogens is 1. The number of rotatable bonds is 4. The number of morpholine rings is 1. The molecule has 5 rings (SSSR count). The Kier molecular flexibility index (Phi) is 6.11. The molecule has 168 valence electrons. The number of benzene rings is 2. The maximum Gasteiger partial charge on any atom is 0.339 e. The van der Waals surface area contributed by atoms with Crippen LogP contribution >= 0.6 is 11.6 Å². The topological polar surface area (TPSA) is 68.7 Å². The van der Waals surface area contributed by atoms with Crippen molar-refractivity contribution in [3.63, 3.8) is 0 Å². The second kappa shape index (κ2) is 9.33. The molecule has 2 aromatic carbocycles. The van der Waals surface area contributed by atoms with E-state index in [2.05, 4.69) is 0 Å². The summed E-state index contributed by atoms with van der Waals surface area (Å²) in [6.07, 6.45) is 3.45. The molecule has 1 amide bonds. The van der Waals surface area contributed by atoms with E-state index in [0.717, 1.165) is 39.7 Å². The van der Waals surface area contributed by atoms with E-state index in [9.17, 15) is 9.59 Å². The first-order valence-corrected chi connectivity index (χ1v) is 11.4. The zero-order valence-corrected chi connectivity index (χ0v) is 18.8. The third-order valence-corrected chi connectivity index (χ3v) is 6.42. The van der Waals surface area contributed by atoms with E-state index in [1.807, 2.05) is 54.6 Å². The molecule has 0 atom stereocenters. The van der Waals surface area contributed by atoms with Gasteiger partial charge in [0.05, 0.1) is 30.0 Å². The number of amides is 1. The monoisotopic (exact) mass is 462 g/mol. The van der Waals surface area contributed by atoms with Crippen molar-refractivity contribution in [1.82, 2.24) is 9.88 Å². The molecule has 0 saturated carbocycles. The maximum atomic E-state index is 13.2. The first kappa shape index (κ1) is 21.6. The molecule has 1 saturated heterocycles. The van der Waals surface area contributed by atoms with E-state index in [-0.39, 0.29) is 12.5 Å². The summed E-state index contributed by atoms with van der Waals surface area (Å²) in [6, 6.07) is 15.2. The first-order valence-electron chi connectivity index (χ1n) is 11.0. The maximum absolute atomic E-state index is 13.2. The van der Waals surface area contributed by atoms with Gasteiger partial charge in [-0.1, -0.05) is 48.0 Å². The number of carbonyl (C=O) groups is 2. The fourth-order valence-corrected chi connectivity index (χ4v) is 4.59. The summed E-state index contributed by atoms with van der Waals surface area (Å²) in [5.41, 5.74) is 4.80. The van der Waals surface area contributed by atoms with Crippen molar-refractivity contribution >= 4 is 46.0 Å². The summed E-state index contributed by atoms with van der Waals surface area (Å²) in [5, 5.41) is 1.40. The van der Waals surface area contributed by atoms with E-state index < -0.39 is 5.97 Å². The average molecular weight is 463 g/mol. The van der Waals surface area contributed by atoms with Crippen LogP contribution in [-0.2, 0) is 20.7 Å². The van der Waals surface area contributed by atoms with Crippen molar-refractivity contribution in [3.05, 3.63) is 75.9 Å². The van der Waals surface area contributed by atoms with Gasteiger partial charge in [-0.2, -0.15) is 0 Å². The summed E-state index contributed by atoms with van der Waals surface area (Å²) in [4.78, 5) is 32.2. The Balaban J connectivity index is 1.48. The van der Waals surface area contributed by atoms with Crippen LogP contribution < -0.4 is 0 Å². The highest BCUT2D eigenvalue weighted by atomic mass is 35.5. The van der Waals surface area contributed by atoms with Gasteiger partial charge in [-0.3, -0.25) is 4.79 Å². The van der Waals surface area contributed by atoms with Crippen LogP contribution in [0.3, 0.4) is 0 Å². The van der Waals surface area contributed by atoms with Crippen molar-refractivity contribution in [1.29, 1.82) is 0 Å². The summed E-state index contributed by atoms with van der Waals surface area (Å²) in [6.45, 7) is 1.75. The SMILES string of the molecule is O=C(OCC(=O)N1CCOCC1)c1c2c(nc3ccccc13)/C(=C/c1ccccc1Cl)CC2. The fraction of sp³-hybridized carbons (Fsp3) is 0.269. The minimum Gasteiger partial charge on any atom is -0.452 e. The van der Waals surface area contributed by atoms with Crippen molar-refractivity contribution in [3.8, 4) is 0 Å². The van der Waals surface area contributed by atoms with Crippen LogP contribution in [-0.4, -0.2) is 54.7 Å². The van der Waals surface area contributed by atoms with Gasteiger partial charge in [0.25, 0.3) is 5.91 Å². The quantitative estimate of drug-likeness (QED) is 0.538. The number of nitrogens with zero attached hydrogens (tertiary/aromatic N) is 2. The minimum absolute atomic E-state index is 0.207. The zero-order chi connectivity index (χ0) is 22.8. The first-order chi connectivity index (χ1) is 16.1. The van der Waals surface area contributed by atoms with Gasteiger partial charge in [-0.15, -0.1) is 0 Å². The third kappa shape index (κ3) is 4.36. The highest BCUT2D eigenvalue weighted by Gasteiger charge is 2.28. The van der Waals surface area contributed by atoms with Crippen LogP contribution in [0.5, 0.6) is 0 Å². The number of allylic oxidation sites excluding steroid dienone is 1. The number of hydrogen-bond acceptors (Lipinski definition) is 5. The van der Waals surface area contributed by atoms with E-state index in [0.29, 0.717) is 43.3 Å². The van der Waals surface area contributed by atoms with Gasteiger partial charge in [-0.05, 0) is 47.8 Å². The largest absolute Gasteiger partial charge is 0.452 e. The molecular formula is C26H23ClN2O4. The predicted octanol–water partition coefficient (Wildman–Crippen LogP) is 4.39. The zero-order valence-electron chi connectivity index (χ0n) is 18.1. The van der Waals surface area contributed by atoms with Crippen LogP contribution in [0.15, 0.2) is 48.5 Å². The molecule has 0 spiro atoms. The van der Waals surface area contributed by atoms with E-state index >= 15 is 0 Å². The Hall–Kier alpha value is -3.22. The molecule has 1 aliphatic heterocycles. The fourth-order valence-electron chi connectivity index (χ4n) is 4.40. The average Bonchev–Trinajstić information content (AvgIpc) is 3.24. The van der Waals surface area contributed by atoms with Gasteiger partial charge >= 0.3 is 5.97 Å². The highest BCUT2D eigenvalue weighted by Crippen LogP contribution is 2.38. The lowest BCUT2D eigenvalue weighted by molar-refractivity contribution is -0.138. The van der Waals surface area contributed by atoms with Crippen LogP contribution in [0.4, 0.5) is 0 Å². The predicted molar refractivity (Wildman–Crippen MR) is 127 cm³/mol. The summed E-state index contributed by atoms with van der Waals surface area (Å²) in [5.74, 6) is -0.702. The van der Waals surface area contributed by atoms with Gasteiger partial charge < -0.3 is 14.4 Å². The molecule has 2 aliphatic rings. The molecule has 2 heterocycles. The minimum atomic E-state index is -0.495. The Morgan fingerprint density at radius 2 is 1.82 bits per heavy atom. The number of carbonyl (C=O) groups excluding carboxylic acids is 2. The number of fused-ring (bicyclic) bond motifs is 2. The summed E-state index contributed by atoms with van der Waals surface area (Å²) < 4.78 is 10.8. The summed E-state index contributed by atoms with van der Waals surface area (Å²) in [7, 11) is 0. The third-order valence-electron chi connectivity index (χ3n) is 6.07. The van der Waals surface area contributed by atoms with Crippen molar-refractivity contribution in [2.45, 2.75) is 12.8 Å². The van der Waals surface area contributed by atoms with Crippen molar-refractivity contribution in [2.75, 3.05) is 32.9 Å². The molecule has 0 unspecified atom stereocenters. The Morgan fingerprint density at radius 1 is 1.06 bits per heavy atom. The number of ether oxygens (including phenoxy) is 2. The molecule has 6 nitrogen and oxygen atoms in total. The van der Waals surface area contributed by atoms with E-state index in [4.69, 9.17) is 26.1 Å². The number of hydrogen-bond donors (Lipinski definition) is 0. The molecule has 7 heteroatoms. The standard InChI is InChI=1S/C26H23ClN2O4/c27-21-7-3-1-5-17(21)15-18-9-10-20-24(19-6-2-4-8-22(19)28-25(18)20)26(31)33-16-23(30)29-11-13-32-14-12-29/h1-8,15H,9-14,16H2/b18-15+. The molecule has 1 aromatic heterocycles. The van der Waals surface area contributed by atoms with Gasteiger partial charge in [-0.25, -0.2) is 9.78 Å². The molecule has 1 fully saturated rings. The van der Waals surface area contributed by atoms with Gasteiger partial charge in [0, 0.05) is 23.5 Å². The van der Waals surface area contributed by atoms with Gasteiger partial charge in [0.15, 0.2) is 6.61 Å². The number of aromatic nitrogens is 1. The van der Waals surface area contributed by atoms with Gasteiger partial charge in [0.2, 0.25) is 0 Å². The van der Waals surface area contributed by atoms with Crippen LogP contribution in [0.1, 0.15) is 33.6 Å². The second-order valence-electron chi connectivity index (χ2n) is 8.09. The number of pyridine rings is 1.